The fourth-order valence-electron chi connectivity index (χ4n) is 2.58. The molecule has 0 amide bonds. The van der Waals surface area contributed by atoms with Crippen LogP contribution in [0.3, 0.4) is 0 Å². The molecule has 0 spiro atoms. The molecule has 0 aliphatic heterocycles. The van der Waals surface area contributed by atoms with Crippen molar-refractivity contribution in [3.8, 4) is 16.9 Å². The lowest BCUT2D eigenvalue weighted by atomic mass is 10.0. The third-order valence-electron chi connectivity index (χ3n) is 3.78. The van der Waals surface area contributed by atoms with Crippen molar-refractivity contribution in [1.82, 2.24) is 15.1 Å². The molecule has 0 saturated carbocycles. The molecular formula is C17H25N3O. The Morgan fingerprint density at radius 2 is 2.00 bits per heavy atom. The van der Waals surface area contributed by atoms with Gasteiger partial charge in [-0.15, -0.1) is 0 Å². The van der Waals surface area contributed by atoms with E-state index in [-0.39, 0.29) is 0 Å². The molecule has 1 aromatic heterocycles. The number of rotatable bonds is 5. The van der Waals surface area contributed by atoms with Crippen molar-refractivity contribution < 1.29 is 4.74 Å². The van der Waals surface area contributed by atoms with E-state index in [9.17, 15) is 0 Å². The molecule has 1 N–H and O–H groups in total. The second-order valence-corrected chi connectivity index (χ2v) is 5.73. The number of hydrogen-bond acceptors (Lipinski definition) is 3. The van der Waals surface area contributed by atoms with Crippen molar-refractivity contribution in [1.29, 1.82) is 0 Å². The maximum absolute atomic E-state index is 5.47. The smallest absolute Gasteiger partial charge is 0.123 e. The van der Waals surface area contributed by atoms with Gasteiger partial charge in [0.2, 0.25) is 0 Å². The molecule has 0 saturated heterocycles. The number of benzene rings is 1. The van der Waals surface area contributed by atoms with E-state index in [1.165, 1.54) is 22.4 Å². The third kappa shape index (κ3) is 3.27. The summed E-state index contributed by atoms with van der Waals surface area (Å²) in [4.78, 5) is 0. The number of nitrogens with one attached hydrogen (secondary N) is 1. The maximum Gasteiger partial charge on any atom is 0.123 e. The van der Waals surface area contributed by atoms with Crippen LogP contribution < -0.4 is 10.1 Å². The fraction of sp³-hybridized carbons (Fsp3) is 0.471. The van der Waals surface area contributed by atoms with Crippen molar-refractivity contribution in [2.45, 2.75) is 40.3 Å². The van der Waals surface area contributed by atoms with Gasteiger partial charge in [0.1, 0.15) is 5.75 Å². The third-order valence-corrected chi connectivity index (χ3v) is 3.78. The predicted molar refractivity (Wildman–Crippen MR) is 86.6 cm³/mol. The molecule has 4 heteroatoms. The maximum atomic E-state index is 5.47. The molecule has 2 aromatic rings. The van der Waals surface area contributed by atoms with Gasteiger partial charge >= 0.3 is 0 Å². The highest BCUT2D eigenvalue weighted by Crippen LogP contribution is 2.30. The van der Waals surface area contributed by atoms with E-state index >= 15 is 0 Å². The average molecular weight is 287 g/mol. The number of methoxy groups -OCH3 is 1. The summed E-state index contributed by atoms with van der Waals surface area (Å²) in [7, 11) is 3.70. The Balaban J connectivity index is 2.43. The van der Waals surface area contributed by atoms with Gasteiger partial charge in [0.15, 0.2) is 0 Å². The molecule has 0 fully saturated rings. The van der Waals surface area contributed by atoms with Gasteiger partial charge in [0.05, 0.1) is 12.8 Å². The minimum absolute atomic E-state index is 0.445. The van der Waals surface area contributed by atoms with Gasteiger partial charge in [-0.2, -0.15) is 5.10 Å². The largest absolute Gasteiger partial charge is 0.496 e. The first-order valence-electron chi connectivity index (χ1n) is 7.35. The fourth-order valence-corrected chi connectivity index (χ4v) is 2.58. The van der Waals surface area contributed by atoms with Crippen molar-refractivity contribution in [2.24, 2.45) is 7.05 Å². The lowest BCUT2D eigenvalue weighted by Crippen LogP contribution is -2.22. The standard InChI is InChI=1S/C17H25N3O/c1-11(2)18-10-15-9-14(7-8-16(15)21-6)17-12(3)19-20(5)13(17)4/h7-9,11,18H,10H2,1-6H3. The monoisotopic (exact) mass is 287 g/mol. The van der Waals surface area contributed by atoms with E-state index in [1.54, 1.807) is 7.11 Å². The molecule has 4 nitrogen and oxygen atoms in total. The Kier molecular flexibility index (Phi) is 4.68. The van der Waals surface area contributed by atoms with E-state index in [2.05, 4.69) is 50.2 Å². The first kappa shape index (κ1) is 15.6. The zero-order valence-electron chi connectivity index (χ0n) is 13.8. The second kappa shape index (κ2) is 6.31. The molecule has 2 rings (SSSR count). The van der Waals surface area contributed by atoms with E-state index in [0.717, 1.165) is 18.0 Å². The molecule has 0 aliphatic rings. The van der Waals surface area contributed by atoms with Crippen molar-refractivity contribution in [2.75, 3.05) is 7.11 Å². The highest BCUT2D eigenvalue weighted by molar-refractivity contribution is 5.70. The Labute approximate surface area is 127 Å². The lowest BCUT2D eigenvalue weighted by Gasteiger charge is -2.14. The molecule has 114 valence electrons. The van der Waals surface area contributed by atoms with Crippen molar-refractivity contribution in [3.63, 3.8) is 0 Å². The van der Waals surface area contributed by atoms with Gasteiger partial charge in [-0.25, -0.2) is 0 Å². The van der Waals surface area contributed by atoms with Gasteiger partial charge in [0, 0.05) is 36.5 Å². The average Bonchev–Trinajstić information content (AvgIpc) is 2.69. The van der Waals surface area contributed by atoms with Crippen LogP contribution in [-0.2, 0) is 13.6 Å². The Morgan fingerprint density at radius 3 is 2.52 bits per heavy atom. The predicted octanol–water partition coefficient (Wildman–Crippen LogP) is 3.21. The Morgan fingerprint density at radius 1 is 1.29 bits per heavy atom. The van der Waals surface area contributed by atoms with E-state index in [4.69, 9.17) is 4.74 Å². The number of aryl methyl sites for hydroxylation is 2. The molecule has 0 aliphatic carbocycles. The van der Waals surface area contributed by atoms with Gasteiger partial charge in [-0.05, 0) is 31.5 Å². The number of aromatic nitrogens is 2. The summed E-state index contributed by atoms with van der Waals surface area (Å²) in [5.41, 5.74) is 5.82. The zero-order chi connectivity index (χ0) is 15.6. The van der Waals surface area contributed by atoms with Crippen molar-refractivity contribution >= 4 is 0 Å². The summed E-state index contributed by atoms with van der Waals surface area (Å²) < 4.78 is 7.40. The number of hydrogen-bond donors (Lipinski definition) is 1. The van der Waals surface area contributed by atoms with Crippen LogP contribution in [-0.4, -0.2) is 22.9 Å². The van der Waals surface area contributed by atoms with E-state index < -0.39 is 0 Å². The van der Waals surface area contributed by atoms with Gasteiger partial charge in [-0.3, -0.25) is 4.68 Å². The van der Waals surface area contributed by atoms with Crippen LogP contribution in [0.25, 0.3) is 11.1 Å². The van der Waals surface area contributed by atoms with Gasteiger partial charge in [-0.1, -0.05) is 19.9 Å². The topological polar surface area (TPSA) is 39.1 Å². The number of ether oxygens (including phenoxy) is 1. The summed E-state index contributed by atoms with van der Waals surface area (Å²) in [5.74, 6) is 0.922. The molecular weight excluding hydrogens is 262 g/mol. The van der Waals surface area contributed by atoms with E-state index in [0.29, 0.717) is 6.04 Å². The SMILES string of the molecule is COc1ccc(-c2c(C)nn(C)c2C)cc1CNC(C)C. The van der Waals surface area contributed by atoms with Gasteiger partial charge in [0.25, 0.3) is 0 Å². The summed E-state index contributed by atoms with van der Waals surface area (Å²) in [6.07, 6.45) is 0. The summed E-state index contributed by atoms with van der Waals surface area (Å²) in [6.45, 7) is 9.24. The highest BCUT2D eigenvalue weighted by atomic mass is 16.5. The van der Waals surface area contributed by atoms with Crippen LogP contribution in [0.1, 0.15) is 30.8 Å². The summed E-state index contributed by atoms with van der Waals surface area (Å²) in [6, 6.07) is 6.79. The molecule has 21 heavy (non-hydrogen) atoms. The molecule has 0 radical (unpaired) electrons. The molecule has 0 bridgehead atoms. The van der Waals surface area contributed by atoms with Crippen LogP contribution in [0.4, 0.5) is 0 Å². The quantitative estimate of drug-likeness (QED) is 0.918. The normalized spacial score (nSPS) is 11.2. The van der Waals surface area contributed by atoms with Crippen LogP contribution >= 0.6 is 0 Å². The minimum atomic E-state index is 0.445. The van der Waals surface area contributed by atoms with Crippen LogP contribution in [0.2, 0.25) is 0 Å². The second-order valence-electron chi connectivity index (χ2n) is 5.73. The van der Waals surface area contributed by atoms with Gasteiger partial charge < -0.3 is 10.1 Å². The lowest BCUT2D eigenvalue weighted by molar-refractivity contribution is 0.406. The van der Waals surface area contributed by atoms with Crippen LogP contribution in [0.5, 0.6) is 5.75 Å². The summed E-state index contributed by atoms with van der Waals surface area (Å²) in [5, 5.41) is 7.95. The Bertz CT molecular complexity index is 629. The first-order chi connectivity index (χ1) is 9.93. The van der Waals surface area contributed by atoms with Crippen LogP contribution in [0.15, 0.2) is 18.2 Å². The molecule has 1 heterocycles. The van der Waals surface area contributed by atoms with Crippen molar-refractivity contribution in [3.05, 3.63) is 35.2 Å². The molecule has 0 unspecified atom stereocenters. The molecule has 1 aromatic carbocycles. The number of nitrogens with zero attached hydrogens (tertiary/aromatic N) is 2. The Hall–Kier alpha value is -1.81. The highest BCUT2D eigenvalue weighted by Gasteiger charge is 2.14. The minimum Gasteiger partial charge on any atom is -0.496 e. The molecule has 0 atom stereocenters. The first-order valence-corrected chi connectivity index (χ1v) is 7.35. The zero-order valence-corrected chi connectivity index (χ0v) is 13.8. The van der Waals surface area contributed by atoms with Crippen LogP contribution in [0, 0.1) is 13.8 Å². The van der Waals surface area contributed by atoms with E-state index in [1.807, 2.05) is 17.8 Å². The summed E-state index contributed by atoms with van der Waals surface area (Å²) >= 11 is 0.